The average Bonchev–Trinajstić information content (AvgIpc) is 3.37. The highest BCUT2D eigenvalue weighted by atomic mass is 32.2. The third kappa shape index (κ3) is 4.84. The van der Waals surface area contributed by atoms with Crippen molar-refractivity contribution < 1.29 is 27.4 Å². The molecule has 3 aromatic heterocycles. The Kier molecular flexibility index (Phi) is 6.13. The lowest BCUT2D eigenvalue weighted by Crippen LogP contribution is -2.50. The lowest BCUT2D eigenvalue weighted by molar-refractivity contribution is -0.137. The van der Waals surface area contributed by atoms with Gasteiger partial charge in [0.2, 0.25) is 5.95 Å². The zero-order valence-electron chi connectivity index (χ0n) is 17.4. The fourth-order valence-corrected chi connectivity index (χ4v) is 5.56. The summed E-state index contributed by atoms with van der Waals surface area (Å²) >= 11 is 1.04. The highest BCUT2D eigenvalue weighted by molar-refractivity contribution is 7.89. The normalized spacial score (nSPS) is 20.2. The van der Waals surface area contributed by atoms with E-state index in [1.54, 1.807) is 14.0 Å². The summed E-state index contributed by atoms with van der Waals surface area (Å²) < 4.78 is 83.0. The Morgan fingerprint density at radius 3 is 2.58 bits per heavy atom. The second kappa shape index (κ2) is 8.61. The molecule has 9 nitrogen and oxygen atoms in total. The van der Waals surface area contributed by atoms with Crippen LogP contribution in [0, 0.1) is 6.92 Å². The number of hydrogen-bond donors (Lipinski definition) is 1. The fraction of sp³-hybridized carbons (Fsp3) is 0.444. The summed E-state index contributed by atoms with van der Waals surface area (Å²) in [6.45, 7) is 1.27. The third-order valence-corrected chi connectivity index (χ3v) is 7.69. The number of aromatic nitrogens is 5. The molecule has 180 valence electrons. The van der Waals surface area contributed by atoms with Gasteiger partial charge in [-0.1, -0.05) is 0 Å². The van der Waals surface area contributed by atoms with Crippen molar-refractivity contribution in [2.75, 3.05) is 18.4 Å². The highest BCUT2D eigenvalue weighted by Crippen LogP contribution is 2.37. The maximum Gasteiger partial charge on any atom is 0.420 e. The topological polar surface area (TPSA) is 106 Å². The van der Waals surface area contributed by atoms with Crippen LogP contribution >= 0.6 is 11.3 Å². The summed E-state index contributed by atoms with van der Waals surface area (Å²) in [6, 6.07) is -0.886. The average molecular weight is 508 g/mol. The number of rotatable bonds is 5. The van der Waals surface area contributed by atoms with Crippen molar-refractivity contribution in [2.45, 2.75) is 36.8 Å². The van der Waals surface area contributed by atoms with Crippen molar-refractivity contribution >= 4 is 27.3 Å². The van der Waals surface area contributed by atoms with Gasteiger partial charge < -0.3 is 9.88 Å². The zero-order chi connectivity index (χ0) is 24.0. The van der Waals surface area contributed by atoms with E-state index in [9.17, 15) is 26.0 Å². The fourth-order valence-electron chi connectivity index (χ4n) is 3.36. The molecule has 0 radical (unpaired) electrons. The van der Waals surface area contributed by atoms with Gasteiger partial charge in [0.05, 0.1) is 12.4 Å². The van der Waals surface area contributed by atoms with E-state index in [0.29, 0.717) is 11.1 Å². The number of aryl methyl sites for hydroxylation is 2. The first kappa shape index (κ1) is 23.5. The highest BCUT2D eigenvalue weighted by Gasteiger charge is 2.39. The summed E-state index contributed by atoms with van der Waals surface area (Å²) in [7, 11) is -2.35. The molecule has 0 bridgehead atoms. The van der Waals surface area contributed by atoms with Crippen LogP contribution < -0.4 is 5.32 Å². The molecule has 1 aliphatic heterocycles. The van der Waals surface area contributed by atoms with E-state index in [-0.39, 0.29) is 30.4 Å². The Bertz CT molecular complexity index is 1270. The predicted octanol–water partition coefficient (Wildman–Crippen LogP) is 3.12. The molecule has 0 amide bonds. The minimum Gasteiger partial charge on any atom is -0.348 e. The molecule has 0 aliphatic carbocycles. The number of nitrogens with one attached hydrogen (secondary N) is 1. The largest absolute Gasteiger partial charge is 0.420 e. The summed E-state index contributed by atoms with van der Waals surface area (Å²) in [5, 5.41) is 2.60. The monoisotopic (exact) mass is 507 g/mol. The molecule has 4 rings (SSSR count). The smallest absolute Gasteiger partial charge is 0.348 e. The van der Waals surface area contributed by atoms with E-state index in [2.05, 4.69) is 25.3 Å². The van der Waals surface area contributed by atoms with E-state index in [1.165, 1.54) is 23.3 Å². The first-order chi connectivity index (χ1) is 15.4. The van der Waals surface area contributed by atoms with Crippen molar-refractivity contribution in [3.05, 3.63) is 35.4 Å². The number of nitrogens with zero attached hydrogens (tertiary/aromatic N) is 6. The maximum atomic E-state index is 14.9. The molecule has 33 heavy (non-hydrogen) atoms. The Morgan fingerprint density at radius 2 is 2.00 bits per heavy atom. The second-order valence-corrected chi connectivity index (χ2v) is 10.6. The molecule has 0 saturated carbocycles. The van der Waals surface area contributed by atoms with Gasteiger partial charge in [0.1, 0.15) is 22.4 Å². The van der Waals surface area contributed by atoms with Crippen LogP contribution in [0.4, 0.5) is 23.5 Å². The lowest BCUT2D eigenvalue weighted by Gasteiger charge is -2.33. The summed E-state index contributed by atoms with van der Waals surface area (Å²) in [6.07, 6.45) is -1.55. The van der Waals surface area contributed by atoms with Crippen LogP contribution in [0.5, 0.6) is 0 Å². The molecule has 1 saturated heterocycles. The number of anilines is 1. The van der Waals surface area contributed by atoms with Crippen molar-refractivity contribution in [3.63, 3.8) is 0 Å². The van der Waals surface area contributed by atoms with Gasteiger partial charge in [-0.3, -0.25) is 0 Å². The molecule has 0 aromatic carbocycles. The van der Waals surface area contributed by atoms with Crippen LogP contribution in [0.15, 0.2) is 29.9 Å². The molecular formula is C18H21F4N7O2S2. The number of hydrogen-bond acceptors (Lipinski definition) is 8. The summed E-state index contributed by atoms with van der Waals surface area (Å²) in [5.74, 6) is -0.195. The van der Waals surface area contributed by atoms with Gasteiger partial charge in [0.25, 0.3) is 10.0 Å². The number of imidazole rings is 1. The molecule has 0 unspecified atom stereocenters. The second-order valence-electron chi connectivity index (χ2n) is 7.53. The summed E-state index contributed by atoms with van der Waals surface area (Å²) in [5.41, 5.74) is -1.45. The minimum absolute atomic E-state index is 0. The maximum absolute atomic E-state index is 14.9. The van der Waals surface area contributed by atoms with Gasteiger partial charge in [-0.05, 0) is 13.3 Å². The number of halogens is 4. The number of piperidine rings is 1. The predicted molar refractivity (Wildman–Crippen MR) is 114 cm³/mol. The van der Waals surface area contributed by atoms with E-state index in [4.69, 9.17) is 0 Å². The van der Waals surface area contributed by atoms with Gasteiger partial charge >= 0.3 is 6.18 Å². The zero-order valence-corrected chi connectivity index (χ0v) is 19.0. The van der Waals surface area contributed by atoms with Gasteiger partial charge in [-0.25, -0.2) is 32.7 Å². The molecule has 1 aliphatic rings. The Hall–Kier alpha value is -2.65. The van der Waals surface area contributed by atoms with Crippen LogP contribution in [-0.2, 0) is 23.2 Å². The van der Waals surface area contributed by atoms with Crippen LogP contribution in [0.25, 0.3) is 10.7 Å². The first-order valence-electron chi connectivity index (χ1n) is 9.71. The molecule has 15 heteroatoms. The third-order valence-electron chi connectivity index (χ3n) is 5.02. The Balaban J connectivity index is 0.00000324. The van der Waals surface area contributed by atoms with E-state index in [0.717, 1.165) is 15.6 Å². The van der Waals surface area contributed by atoms with Crippen molar-refractivity contribution in [1.29, 1.82) is 0 Å². The molecule has 1 fully saturated rings. The molecule has 0 spiro atoms. The van der Waals surface area contributed by atoms with Gasteiger partial charge in [-0.15, -0.1) is 11.3 Å². The number of sulfonamides is 1. The Labute approximate surface area is 192 Å². The molecule has 1 N–H and O–H groups in total. The van der Waals surface area contributed by atoms with E-state index < -0.39 is 46.2 Å². The SMILES string of the molecule is Cc1cnc(-c2nc(N[C@H]3CCN(S(=O)(=O)c4cn(C)cn4)C[C@H]3F)ncc2C(F)(F)F)s1.[HH]. The minimum atomic E-state index is -4.69. The van der Waals surface area contributed by atoms with Crippen LogP contribution in [0.2, 0.25) is 0 Å². The number of alkyl halides is 4. The molecule has 2 atom stereocenters. The van der Waals surface area contributed by atoms with Crippen LogP contribution in [0.1, 0.15) is 18.3 Å². The van der Waals surface area contributed by atoms with Gasteiger partial charge in [0, 0.05) is 45.0 Å². The van der Waals surface area contributed by atoms with Crippen molar-refractivity contribution in [2.24, 2.45) is 7.05 Å². The Morgan fingerprint density at radius 1 is 1.24 bits per heavy atom. The van der Waals surface area contributed by atoms with Crippen molar-refractivity contribution in [1.82, 2.24) is 28.8 Å². The summed E-state index contributed by atoms with van der Waals surface area (Å²) in [4.78, 5) is 16.2. The van der Waals surface area contributed by atoms with Gasteiger partial charge in [-0.2, -0.15) is 17.5 Å². The standard InChI is InChI=1S/C18H19F4N7O2S2.H2/c1-10-5-23-16(32-10)15-11(18(20,21)22)6-24-17(27-15)26-13-3-4-29(7-12(13)19)33(30,31)14-8-28(2)9-25-14;/h5-6,8-9,12-13H,3-4,7H2,1-2H3,(H,24,26,27);1H/t12-,13+;/m1./s1. The first-order valence-corrected chi connectivity index (χ1v) is 12.0. The molecule has 4 heterocycles. The van der Waals surface area contributed by atoms with Crippen LogP contribution in [-0.4, -0.2) is 62.5 Å². The van der Waals surface area contributed by atoms with E-state index in [1.807, 2.05) is 0 Å². The van der Waals surface area contributed by atoms with Gasteiger partial charge in [0.15, 0.2) is 5.03 Å². The molecular weight excluding hydrogens is 486 g/mol. The number of thiazole rings is 1. The van der Waals surface area contributed by atoms with Crippen molar-refractivity contribution in [3.8, 4) is 10.7 Å². The van der Waals surface area contributed by atoms with E-state index >= 15 is 0 Å². The lowest BCUT2D eigenvalue weighted by atomic mass is 10.1. The van der Waals surface area contributed by atoms with Crippen LogP contribution in [0.3, 0.4) is 0 Å². The quantitative estimate of drug-likeness (QED) is 0.529. The molecule has 3 aromatic rings.